The first-order chi connectivity index (χ1) is 10.6. The second kappa shape index (κ2) is 6.97. The highest BCUT2D eigenvalue weighted by Crippen LogP contribution is 2.36. The molecule has 3 rings (SSSR count). The van der Waals surface area contributed by atoms with Crippen molar-refractivity contribution in [2.45, 2.75) is 44.9 Å². The first-order valence-corrected chi connectivity index (χ1v) is 9.47. The van der Waals surface area contributed by atoms with E-state index in [0.717, 1.165) is 21.3 Å². The zero-order chi connectivity index (χ0) is 15.5. The van der Waals surface area contributed by atoms with Crippen molar-refractivity contribution in [1.82, 2.24) is 0 Å². The Hall–Kier alpha value is -1.13. The van der Waals surface area contributed by atoms with Gasteiger partial charge >= 0.3 is 0 Å². The van der Waals surface area contributed by atoms with Crippen LogP contribution in [0, 0.1) is 6.92 Å². The fourth-order valence-corrected chi connectivity index (χ4v) is 4.44. The van der Waals surface area contributed by atoms with Crippen LogP contribution in [-0.4, -0.2) is 5.91 Å². The highest BCUT2D eigenvalue weighted by atomic mass is 79.9. The molecule has 0 aliphatic heterocycles. The van der Waals surface area contributed by atoms with Gasteiger partial charge in [0.2, 0.25) is 0 Å². The van der Waals surface area contributed by atoms with E-state index >= 15 is 0 Å². The third kappa shape index (κ3) is 3.44. The molecule has 1 heterocycles. The molecule has 1 fully saturated rings. The lowest BCUT2D eigenvalue weighted by molar-refractivity contribution is 0.102. The highest BCUT2D eigenvalue weighted by Gasteiger charge is 2.19. The monoisotopic (exact) mass is 377 g/mol. The molecule has 0 bridgehead atoms. The van der Waals surface area contributed by atoms with Gasteiger partial charge in [0.25, 0.3) is 5.91 Å². The second-order valence-corrected chi connectivity index (χ2v) is 7.70. The van der Waals surface area contributed by atoms with Gasteiger partial charge in [-0.2, -0.15) is 0 Å². The van der Waals surface area contributed by atoms with E-state index in [-0.39, 0.29) is 5.91 Å². The maximum Gasteiger partial charge on any atom is 0.256 e. The standard InChI is InChI=1S/C18H20BrNOS/c1-12-6-5-9-15(17(12)19)20-18(21)14-10-16(22-11-14)13-7-3-2-4-8-13/h5-6,9-11,13H,2-4,7-8H2,1H3,(H,20,21). The molecule has 0 atom stereocenters. The van der Waals surface area contributed by atoms with Crippen molar-refractivity contribution in [3.63, 3.8) is 0 Å². The minimum absolute atomic E-state index is 0.0235. The molecule has 1 aliphatic carbocycles. The first-order valence-electron chi connectivity index (χ1n) is 7.80. The third-order valence-electron chi connectivity index (χ3n) is 4.33. The number of amides is 1. The summed E-state index contributed by atoms with van der Waals surface area (Å²) in [5, 5.41) is 4.99. The van der Waals surface area contributed by atoms with Gasteiger partial charge in [-0.25, -0.2) is 0 Å². The fourth-order valence-electron chi connectivity index (χ4n) is 3.01. The van der Waals surface area contributed by atoms with E-state index in [1.807, 2.05) is 30.5 Å². The number of anilines is 1. The van der Waals surface area contributed by atoms with Crippen LogP contribution in [0.1, 0.15) is 58.8 Å². The summed E-state index contributed by atoms with van der Waals surface area (Å²) in [5.74, 6) is 0.635. The summed E-state index contributed by atoms with van der Waals surface area (Å²) in [6.45, 7) is 2.02. The molecule has 1 saturated carbocycles. The Morgan fingerprint density at radius 2 is 2.05 bits per heavy atom. The number of rotatable bonds is 3. The van der Waals surface area contributed by atoms with Crippen molar-refractivity contribution in [1.29, 1.82) is 0 Å². The van der Waals surface area contributed by atoms with Crippen LogP contribution in [0.15, 0.2) is 34.1 Å². The van der Waals surface area contributed by atoms with Gasteiger partial charge in [-0.1, -0.05) is 31.4 Å². The van der Waals surface area contributed by atoms with Crippen LogP contribution >= 0.6 is 27.3 Å². The number of nitrogens with one attached hydrogen (secondary N) is 1. The highest BCUT2D eigenvalue weighted by molar-refractivity contribution is 9.10. The Labute approximate surface area is 144 Å². The summed E-state index contributed by atoms with van der Waals surface area (Å²) >= 11 is 5.27. The number of thiophene rings is 1. The van der Waals surface area contributed by atoms with Crippen molar-refractivity contribution in [3.05, 3.63) is 50.1 Å². The van der Waals surface area contributed by atoms with Gasteiger partial charge in [0.15, 0.2) is 0 Å². The van der Waals surface area contributed by atoms with Gasteiger partial charge in [-0.3, -0.25) is 4.79 Å². The minimum Gasteiger partial charge on any atom is -0.321 e. The Kier molecular flexibility index (Phi) is 4.99. The lowest BCUT2D eigenvalue weighted by Gasteiger charge is -2.19. The van der Waals surface area contributed by atoms with Crippen LogP contribution < -0.4 is 5.32 Å². The molecule has 0 unspecified atom stereocenters. The van der Waals surface area contributed by atoms with Crippen molar-refractivity contribution >= 4 is 38.9 Å². The smallest absolute Gasteiger partial charge is 0.256 e. The lowest BCUT2D eigenvalue weighted by Crippen LogP contribution is -2.11. The predicted octanol–water partition coefficient (Wildman–Crippen LogP) is 6.12. The average Bonchev–Trinajstić information content (AvgIpc) is 3.03. The van der Waals surface area contributed by atoms with Gasteiger partial charge in [0.1, 0.15) is 0 Å². The van der Waals surface area contributed by atoms with Crippen LogP contribution in [0.4, 0.5) is 5.69 Å². The SMILES string of the molecule is Cc1cccc(NC(=O)c2csc(C3CCCCC3)c2)c1Br. The summed E-state index contributed by atoms with van der Waals surface area (Å²) in [6, 6.07) is 7.98. The Balaban J connectivity index is 1.72. The van der Waals surface area contributed by atoms with Gasteiger partial charge in [-0.05, 0) is 59.3 Å². The third-order valence-corrected chi connectivity index (χ3v) is 6.48. The normalized spacial score (nSPS) is 15.7. The fraction of sp³-hybridized carbons (Fsp3) is 0.389. The number of carbonyl (C=O) groups is 1. The van der Waals surface area contributed by atoms with Crippen molar-refractivity contribution < 1.29 is 4.79 Å². The zero-order valence-electron chi connectivity index (χ0n) is 12.7. The largest absolute Gasteiger partial charge is 0.321 e. The molecule has 22 heavy (non-hydrogen) atoms. The van der Waals surface area contributed by atoms with Crippen molar-refractivity contribution in [3.8, 4) is 0 Å². The summed E-state index contributed by atoms with van der Waals surface area (Å²) in [5.41, 5.74) is 2.72. The van der Waals surface area contributed by atoms with Crippen LogP contribution in [0.25, 0.3) is 0 Å². The number of benzene rings is 1. The molecule has 1 aliphatic rings. The van der Waals surface area contributed by atoms with E-state index in [2.05, 4.69) is 27.3 Å². The molecule has 1 N–H and O–H groups in total. The maximum absolute atomic E-state index is 12.4. The molecule has 116 valence electrons. The molecule has 0 spiro atoms. The number of carbonyl (C=O) groups excluding carboxylic acids is 1. The summed E-state index contributed by atoms with van der Waals surface area (Å²) in [7, 11) is 0. The van der Waals surface area contributed by atoms with Gasteiger partial charge < -0.3 is 5.32 Å². The first kappa shape index (κ1) is 15.8. The molecule has 1 aromatic carbocycles. The van der Waals surface area contributed by atoms with Crippen LogP contribution in [0.5, 0.6) is 0 Å². The minimum atomic E-state index is -0.0235. The summed E-state index contributed by atoms with van der Waals surface area (Å²) in [6.07, 6.45) is 6.53. The van der Waals surface area contributed by atoms with E-state index in [4.69, 9.17) is 0 Å². The Morgan fingerprint density at radius 3 is 2.82 bits per heavy atom. The predicted molar refractivity (Wildman–Crippen MR) is 97.0 cm³/mol. The number of aryl methyl sites for hydroxylation is 1. The molecule has 2 nitrogen and oxygen atoms in total. The molecule has 0 radical (unpaired) electrons. The second-order valence-electron chi connectivity index (χ2n) is 5.96. The summed E-state index contributed by atoms with van der Waals surface area (Å²) in [4.78, 5) is 13.8. The number of hydrogen-bond donors (Lipinski definition) is 1. The van der Waals surface area contributed by atoms with E-state index in [1.165, 1.54) is 37.0 Å². The van der Waals surface area contributed by atoms with Crippen LogP contribution in [0.2, 0.25) is 0 Å². The molecule has 4 heteroatoms. The molecular weight excluding hydrogens is 358 g/mol. The average molecular weight is 378 g/mol. The van der Waals surface area contributed by atoms with E-state index in [0.29, 0.717) is 5.92 Å². The zero-order valence-corrected chi connectivity index (χ0v) is 15.1. The Bertz CT molecular complexity index is 673. The van der Waals surface area contributed by atoms with Gasteiger partial charge in [-0.15, -0.1) is 11.3 Å². The van der Waals surface area contributed by atoms with Crippen molar-refractivity contribution in [2.24, 2.45) is 0 Å². The lowest BCUT2D eigenvalue weighted by atomic mass is 9.88. The topological polar surface area (TPSA) is 29.1 Å². The molecule has 1 aromatic heterocycles. The maximum atomic E-state index is 12.4. The van der Waals surface area contributed by atoms with Gasteiger partial charge in [0.05, 0.1) is 11.3 Å². The van der Waals surface area contributed by atoms with Gasteiger partial charge in [0, 0.05) is 14.7 Å². The van der Waals surface area contributed by atoms with E-state index in [9.17, 15) is 4.79 Å². The van der Waals surface area contributed by atoms with E-state index in [1.54, 1.807) is 11.3 Å². The Morgan fingerprint density at radius 1 is 1.27 bits per heavy atom. The number of hydrogen-bond acceptors (Lipinski definition) is 2. The van der Waals surface area contributed by atoms with Crippen LogP contribution in [0.3, 0.4) is 0 Å². The van der Waals surface area contributed by atoms with Crippen LogP contribution in [-0.2, 0) is 0 Å². The number of halogens is 1. The quantitative estimate of drug-likeness (QED) is 0.685. The molecular formula is C18H20BrNOS. The molecule has 1 amide bonds. The van der Waals surface area contributed by atoms with E-state index < -0.39 is 0 Å². The molecule has 2 aromatic rings. The van der Waals surface area contributed by atoms with Crippen molar-refractivity contribution in [2.75, 3.05) is 5.32 Å². The molecule has 0 saturated heterocycles. The summed E-state index contributed by atoms with van der Waals surface area (Å²) < 4.78 is 0.950.